The van der Waals surface area contributed by atoms with Crippen molar-refractivity contribution in [3.05, 3.63) is 0 Å². The number of hydrogen-bond acceptors (Lipinski definition) is 2. The second-order valence-corrected chi connectivity index (χ2v) is 2.86. The highest BCUT2D eigenvalue weighted by molar-refractivity contribution is 5.97. The smallest absolute Gasteiger partial charge is 0.310 e. The zero-order valence-corrected chi connectivity index (χ0v) is 5.83. The van der Waals surface area contributed by atoms with Gasteiger partial charge in [0.1, 0.15) is 12.2 Å². The molecule has 0 bridgehead atoms. The molecule has 1 saturated carbocycles. The van der Waals surface area contributed by atoms with Crippen molar-refractivity contribution >= 4 is 11.8 Å². The van der Waals surface area contributed by atoms with Crippen LogP contribution in [0.15, 0.2) is 0 Å². The fourth-order valence-electron chi connectivity index (χ4n) is 1.05. The van der Waals surface area contributed by atoms with E-state index in [4.69, 9.17) is 5.11 Å². The van der Waals surface area contributed by atoms with Gasteiger partial charge in [-0.2, -0.15) is 0 Å². The van der Waals surface area contributed by atoms with Crippen LogP contribution in [0.4, 0.5) is 0 Å². The van der Waals surface area contributed by atoms with E-state index in [1.807, 2.05) is 6.92 Å². The third-order valence-electron chi connectivity index (χ3n) is 1.85. The first-order valence-electron chi connectivity index (χ1n) is 3.35. The minimum absolute atomic E-state index is 0.0519. The first kappa shape index (κ1) is 7.25. The Hall–Kier alpha value is -0.860. The average Bonchev–Trinajstić information content (AvgIpc) is 2.44. The molecule has 56 valence electrons. The number of Topliss-reactive ketones (excluding diaryl/α,β-unsaturated/α-hetero) is 1. The fraction of sp³-hybridized carbons (Fsp3) is 0.714. The van der Waals surface area contributed by atoms with E-state index >= 15 is 0 Å². The Morgan fingerprint density at radius 3 is 2.40 bits per heavy atom. The lowest BCUT2D eigenvalue weighted by Crippen LogP contribution is -2.08. The van der Waals surface area contributed by atoms with Crippen LogP contribution in [0.25, 0.3) is 0 Å². The number of carboxylic acid groups (broad SMARTS) is 1. The Balaban J connectivity index is 2.30. The maximum absolute atomic E-state index is 10.8. The third kappa shape index (κ3) is 1.56. The van der Waals surface area contributed by atoms with Gasteiger partial charge in [0.2, 0.25) is 0 Å². The SMILES string of the molecule is CC1CC1C(=O)CC(=O)O. The van der Waals surface area contributed by atoms with Gasteiger partial charge in [-0.3, -0.25) is 9.59 Å². The molecule has 1 fully saturated rings. The normalized spacial score (nSPS) is 29.7. The summed E-state index contributed by atoms with van der Waals surface area (Å²) in [4.78, 5) is 20.9. The fourth-order valence-corrected chi connectivity index (χ4v) is 1.05. The quantitative estimate of drug-likeness (QED) is 0.590. The van der Waals surface area contributed by atoms with Crippen LogP contribution in [0.5, 0.6) is 0 Å². The van der Waals surface area contributed by atoms with Gasteiger partial charge in [0.25, 0.3) is 0 Å². The molecule has 1 aliphatic rings. The van der Waals surface area contributed by atoms with E-state index in [0.717, 1.165) is 6.42 Å². The molecule has 0 amide bonds. The van der Waals surface area contributed by atoms with Crippen molar-refractivity contribution in [2.24, 2.45) is 11.8 Å². The minimum Gasteiger partial charge on any atom is -0.481 e. The van der Waals surface area contributed by atoms with Crippen molar-refractivity contribution < 1.29 is 14.7 Å². The predicted molar refractivity (Wildman–Crippen MR) is 34.5 cm³/mol. The Morgan fingerprint density at radius 2 is 2.10 bits per heavy atom. The molecule has 1 N–H and O–H groups in total. The molecule has 0 radical (unpaired) electrons. The Bertz CT molecular complexity index is 174. The summed E-state index contributed by atoms with van der Waals surface area (Å²) in [5, 5.41) is 8.23. The van der Waals surface area contributed by atoms with Gasteiger partial charge in [-0.15, -0.1) is 0 Å². The first-order chi connectivity index (χ1) is 4.61. The highest BCUT2D eigenvalue weighted by Crippen LogP contribution is 2.38. The van der Waals surface area contributed by atoms with Crippen molar-refractivity contribution in [1.29, 1.82) is 0 Å². The molecule has 0 heterocycles. The number of hydrogen-bond donors (Lipinski definition) is 1. The van der Waals surface area contributed by atoms with Crippen LogP contribution in [0.1, 0.15) is 19.8 Å². The average molecular weight is 142 g/mol. The van der Waals surface area contributed by atoms with E-state index in [0.29, 0.717) is 5.92 Å². The Labute approximate surface area is 59.0 Å². The Morgan fingerprint density at radius 1 is 1.60 bits per heavy atom. The van der Waals surface area contributed by atoms with Gasteiger partial charge in [-0.1, -0.05) is 6.92 Å². The van der Waals surface area contributed by atoms with Gasteiger partial charge in [0.05, 0.1) is 0 Å². The second-order valence-electron chi connectivity index (χ2n) is 2.86. The zero-order valence-electron chi connectivity index (χ0n) is 5.83. The number of carboxylic acids is 1. The molecule has 2 unspecified atom stereocenters. The minimum atomic E-state index is -1.01. The molecule has 0 saturated heterocycles. The lowest BCUT2D eigenvalue weighted by molar-refractivity contribution is -0.140. The number of carbonyl (C=O) groups excluding carboxylic acids is 1. The van der Waals surface area contributed by atoms with Crippen LogP contribution >= 0.6 is 0 Å². The molecule has 0 aliphatic heterocycles. The van der Waals surface area contributed by atoms with Crippen LogP contribution in [0.3, 0.4) is 0 Å². The molecule has 1 aliphatic carbocycles. The summed E-state index contributed by atoms with van der Waals surface area (Å²) >= 11 is 0. The molecule has 3 heteroatoms. The molecule has 0 aromatic heterocycles. The summed E-state index contributed by atoms with van der Waals surface area (Å²) in [7, 11) is 0. The monoisotopic (exact) mass is 142 g/mol. The third-order valence-corrected chi connectivity index (χ3v) is 1.85. The number of carbonyl (C=O) groups is 2. The van der Waals surface area contributed by atoms with Gasteiger partial charge in [0, 0.05) is 5.92 Å². The van der Waals surface area contributed by atoms with E-state index in [-0.39, 0.29) is 18.1 Å². The summed E-state index contributed by atoms with van der Waals surface area (Å²) < 4.78 is 0. The zero-order chi connectivity index (χ0) is 7.72. The molecule has 0 aromatic carbocycles. The molecule has 0 spiro atoms. The number of rotatable bonds is 3. The summed E-state index contributed by atoms with van der Waals surface area (Å²) in [6.07, 6.45) is 0.584. The van der Waals surface area contributed by atoms with Crippen molar-refractivity contribution in [3.8, 4) is 0 Å². The molecule has 10 heavy (non-hydrogen) atoms. The van der Waals surface area contributed by atoms with Gasteiger partial charge < -0.3 is 5.11 Å². The van der Waals surface area contributed by atoms with Gasteiger partial charge in [-0.05, 0) is 12.3 Å². The Kier molecular flexibility index (Phi) is 1.74. The first-order valence-corrected chi connectivity index (χ1v) is 3.35. The highest BCUT2D eigenvalue weighted by atomic mass is 16.4. The van der Waals surface area contributed by atoms with Crippen LogP contribution in [0.2, 0.25) is 0 Å². The summed E-state index contributed by atoms with van der Waals surface area (Å²) in [6.45, 7) is 1.96. The summed E-state index contributed by atoms with van der Waals surface area (Å²) in [6, 6.07) is 0. The molecule has 0 aromatic rings. The second kappa shape index (κ2) is 2.40. The van der Waals surface area contributed by atoms with Crippen LogP contribution < -0.4 is 0 Å². The van der Waals surface area contributed by atoms with Gasteiger partial charge in [0.15, 0.2) is 0 Å². The predicted octanol–water partition coefficient (Wildman–Crippen LogP) is 0.686. The summed E-state index contributed by atoms with van der Waals surface area (Å²) in [5.41, 5.74) is 0. The molecule has 1 rings (SSSR count). The lowest BCUT2D eigenvalue weighted by Gasteiger charge is -1.90. The van der Waals surface area contributed by atoms with Crippen LogP contribution in [0, 0.1) is 11.8 Å². The molecular formula is C7H10O3. The van der Waals surface area contributed by atoms with Gasteiger partial charge in [-0.25, -0.2) is 0 Å². The van der Waals surface area contributed by atoms with Gasteiger partial charge >= 0.3 is 5.97 Å². The molecule has 2 atom stereocenters. The number of ketones is 1. The topological polar surface area (TPSA) is 54.4 Å². The van der Waals surface area contributed by atoms with E-state index in [1.54, 1.807) is 0 Å². The maximum Gasteiger partial charge on any atom is 0.310 e. The van der Waals surface area contributed by atoms with Crippen molar-refractivity contribution in [3.63, 3.8) is 0 Å². The molecule has 3 nitrogen and oxygen atoms in total. The number of aliphatic carboxylic acids is 1. The van der Waals surface area contributed by atoms with Crippen molar-refractivity contribution in [2.45, 2.75) is 19.8 Å². The largest absolute Gasteiger partial charge is 0.481 e. The molecular weight excluding hydrogens is 132 g/mol. The van der Waals surface area contributed by atoms with Crippen LogP contribution in [-0.2, 0) is 9.59 Å². The van der Waals surface area contributed by atoms with E-state index in [1.165, 1.54) is 0 Å². The van der Waals surface area contributed by atoms with E-state index < -0.39 is 5.97 Å². The standard InChI is InChI=1S/C7H10O3/c1-4-2-5(4)6(8)3-7(9)10/h4-5H,2-3H2,1H3,(H,9,10). The maximum atomic E-state index is 10.8. The lowest BCUT2D eigenvalue weighted by atomic mass is 10.2. The van der Waals surface area contributed by atoms with E-state index in [2.05, 4.69) is 0 Å². The van der Waals surface area contributed by atoms with Crippen molar-refractivity contribution in [1.82, 2.24) is 0 Å². The summed E-state index contributed by atoms with van der Waals surface area (Å²) in [5.74, 6) is -0.646. The highest BCUT2D eigenvalue weighted by Gasteiger charge is 2.39. The van der Waals surface area contributed by atoms with Crippen molar-refractivity contribution in [2.75, 3.05) is 0 Å². The van der Waals surface area contributed by atoms with Crippen LogP contribution in [-0.4, -0.2) is 16.9 Å². The van der Waals surface area contributed by atoms with E-state index in [9.17, 15) is 9.59 Å².